The Morgan fingerprint density at radius 2 is 2.24 bits per heavy atom. The van der Waals surface area contributed by atoms with Gasteiger partial charge in [0.15, 0.2) is 0 Å². The first-order valence-corrected chi connectivity index (χ1v) is 7.27. The molecule has 3 rings (SSSR count). The molecule has 1 saturated heterocycles. The van der Waals surface area contributed by atoms with Gasteiger partial charge >= 0.3 is 0 Å². The van der Waals surface area contributed by atoms with Crippen molar-refractivity contribution in [3.63, 3.8) is 0 Å². The van der Waals surface area contributed by atoms with Crippen LogP contribution in [0.2, 0.25) is 0 Å². The van der Waals surface area contributed by atoms with E-state index in [1.807, 2.05) is 30.3 Å². The van der Waals surface area contributed by atoms with Crippen LogP contribution in [-0.4, -0.2) is 34.9 Å². The van der Waals surface area contributed by atoms with Gasteiger partial charge < -0.3 is 10.1 Å². The number of hydrogen-bond donors (Lipinski definition) is 1. The fourth-order valence-electron chi connectivity index (χ4n) is 2.45. The molecule has 0 unspecified atom stereocenters. The van der Waals surface area contributed by atoms with Crippen LogP contribution in [0, 0.1) is 0 Å². The van der Waals surface area contributed by atoms with Crippen LogP contribution in [0.5, 0.6) is 0 Å². The van der Waals surface area contributed by atoms with E-state index in [9.17, 15) is 4.79 Å². The maximum atomic E-state index is 12.0. The highest BCUT2D eigenvalue weighted by Gasteiger charge is 2.17. The van der Waals surface area contributed by atoms with E-state index in [-0.39, 0.29) is 12.0 Å². The molecule has 1 aromatic carbocycles. The average molecular weight is 285 g/mol. The molecular weight excluding hydrogens is 266 g/mol. The first-order valence-electron chi connectivity index (χ1n) is 7.27. The smallest absolute Gasteiger partial charge is 0.254 e. The molecule has 21 heavy (non-hydrogen) atoms. The second kappa shape index (κ2) is 6.54. The van der Waals surface area contributed by atoms with Gasteiger partial charge in [-0.2, -0.15) is 5.10 Å². The van der Waals surface area contributed by atoms with Crippen molar-refractivity contribution in [1.29, 1.82) is 0 Å². The van der Waals surface area contributed by atoms with Crippen molar-refractivity contribution in [3.8, 4) is 0 Å². The fraction of sp³-hybridized carbons (Fsp3) is 0.375. The summed E-state index contributed by atoms with van der Waals surface area (Å²) in [6, 6.07) is 10.1. The third-order valence-corrected chi connectivity index (χ3v) is 3.60. The highest BCUT2D eigenvalue weighted by molar-refractivity contribution is 5.93. The molecule has 5 nitrogen and oxygen atoms in total. The molecule has 1 atom stereocenters. The van der Waals surface area contributed by atoms with E-state index in [0.29, 0.717) is 18.7 Å². The third kappa shape index (κ3) is 3.70. The number of nitrogens with zero attached hydrogens (tertiary/aromatic N) is 2. The Balaban J connectivity index is 1.55. The highest BCUT2D eigenvalue weighted by atomic mass is 16.5. The number of aromatic nitrogens is 2. The van der Waals surface area contributed by atoms with Gasteiger partial charge in [0.05, 0.1) is 24.4 Å². The molecule has 1 aliphatic heterocycles. The Kier molecular flexibility index (Phi) is 4.31. The molecule has 2 aromatic rings. The third-order valence-electron chi connectivity index (χ3n) is 3.60. The molecule has 0 aliphatic carbocycles. The van der Waals surface area contributed by atoms with Gasteiger partial charge in [0.2, 0.25) is 0 Å². The minimum atomic E-state index is -0.0928. The summed E-state index contributed by atoms with van der Waals surface area (Å²) in [6.45, 7) is 2.04. The Bertz CT molecular complexity index is 589. The van der Waals surface area contributed by atoms with Crippen molar-refractivity contribution < 1.29 is 9.53 Å². The number of hydrogen-bond acceptors (Lipinski definition) is 3. The van der Waals surface area contributed by atoms with Gasteiger partial charge in [0.1, 0.15) is 0 Å². The molecule has 2 heterocycles. The maximum absolute atomic E-state index is 12.0. The van der Waals surface area contributed by atoms with E-state index < -0.39 is 0 Å². The zero-order chi connectivity index (χ0) is 14.5. The highest BCUT2D eigenvalue weighted by Crippen LogP contribution is 2.11. The number of amides is 1. The first kappa shape index (κ1) is 13.8. The van der Waals surface area contributed by atoms with Crippen molar-refractivity contribution in [2.45, 2.75) is 25.5 Å². The number of benzene rings is 1. The van der Waals surface area contributed by atoms with Gasteiger partial charge in [-0.3, -0.25) is 9.48 Å². The van der Waals surface area contributed by atoms with Crippen molar-refractivity contribution in [1.82, 2.24) is 15.1 Å². The summed E-state index contributed by atoms with van der Waals surface area (Å²) in [6.07, 6.45) is 5.64. The lowest BCUT2D eigenvalue weighted by atomic mass is 10.2. The monoisotopic (exact) mass is 285 g/mol. The predicted octanol–water partition coefficient (Wildman–Crippen LogP) is 1.84. The standard InChI is InChI=1S/C16H19N3O2/c20-16(17-10-15-7-4-8-21-15)14-9-18-19(12-14)11-13-5-2-1-3-6-13/h1-3,5-6,9,12,15H,4,7-8,10-11H2,(H,17,20)/t15-/m1/s1. The van der Waals surface area contributed by atoms with E-state index in [1.165, 1.54) is 0 Å². The Morgan fingerprint density at radius 3 is 3.00 bits per heavy atom. The molecular formula is C16H19N3O2. The lowest BCUT2D eigenvalue weighted by molar-refractivity contribution is 0.0857. The molecule has 1 amide bonds. The second-order valence-corrected chi connectivity index (χ2v) is 5.26. The normalized spacial score (nSPS) is 17.8. The zero-order valence-electron chi connectivity index (χ0n) is 11.9. The van der Waals surface area contributed by atoms with Crippen LogP contribution >= 0.6 is 0 Å². The molecule has 0 radical (unpaired) electrons. The van der Waals surface area contributed by atoms with Crippen molar-refractivity contribution >= 4 is 5.91 Å². The van der Waals surface area contributed by atoms with Gasteiger partial charge in [-0.05, 0) is 18.4 Å². The van der Waals surface area contributed by atoms with Gasteiger partial charge in [0.25, 0.3) is 5.91 Å². The molecule has 110 valence electrons. The van der Waals surface area contributed by atoms with Gasteiger partial charge in [0, 0.05) is 19.3 Å². The average Bonchev–Trinajstić information content (AvgIpc) is 3.17. The molecule has 1 fully saturated rings. The Labute approximate surface area is 123 Å². The van der Waals surface area contributed by atoms with Crippen LogP contribution in [0.15, 0.2) is 42.7 Å². The number of carbonyl (C=O) groups is 1. The molecule has 1 aliphatic rings. The van der Waals surface area contributed by atoms with Crippen LogP contribution in [0.4, 0.5) is 0 Å². The largest absolute Gasteiger partial charge is 0.376 e. The molecule has 1 aromatic heterocycles. The lowest BCUT2D eigenvalue weighted by Gasteiger charge is -2.09. The number of ether oxygens (including phenoxy) is 1. The fourth-order valence-corrected chi connectivity index (χ4v) is 2.45. The van der Waals surface area contributed by atoms with Gasteiger partial charge in [-0.15, -0.1) is 0 Å². The van der Waals surface area contributed by atoms with Crippen LogP contribution in [0.1, 0.15) is 28.8 Å². The summed E-state index contributed by atoms with van der Waals surface area (Å²) in [5.41, 5.74) is 1.75. The first-order chi connectivity index (χ1) is 10.3. The van der Waals surface area contributed by atoms with E-state index in [2.05, 4.69) is 10.4 Å². The van der Waals surface area contributed by atoms with Crippen LogP contribution in [0.25, 0.3) is 0 Å². The maximum Gasteiger partial charge on any atom is 0.254 e. The van der Waals surface area contributed by atoms with Crippen LogP contribution in [0.3, 0.4) is 0 Å². The summed E-state index contributed by atoms with van der Waals surface area (Å²) in [5, 5.41) is 7.14. The minimum Gasteiger partial charge on any atom is -0.376 e. The minimum absolute atomic E-state index is 0.0928. The topological polar surface area (TPSA) is 56.1 Å². The second-order valence-electron chi connectivity index (χ2n) is 5.26. The summed E-state index contributed by atoms with van der Waals surface area (Å²) in [7, 11) is 0. The van der Waals surface area contributed by atoms with E-state index >= 15 is 0 Å². The van der Waals surface area contributed by atoms with Gasteiger partial charge in [-0.1, -0.05) is 30.3 Å². The Hall–Kier alpha value is -2.14. The quantitative estimate of drug-likeness (QED) is 0.912. The van der Waals surface area contributed by atoms with E-state index in [4.69, 9.17) is 4.74 Å². The summed E-state index contributed by atoms with van der Waals surface area (Å²) in [5.74, 6) is -0.0928. The number of carbonyl (C=O) groups excluding carboxylic acids is 1. The van der Waals surface area contributed by atoms with Gasteiger partial charge in [-0.25, -0.2) is 0 Å². The summed E-state index contributed by atoms with van der Waals surface area (Å²) in [4.78, 5) is 12.0. The molecule has 0 spiro atoms. The van der Waals surface area contributed by atoms with Crippen molar-refractivity contribution in [2.24, 2.45) is 0 Å². The summed E-state index contributed by atoms with van der Waals surface area (Å²) < 4.78 is 7.26. The predicted molar refractivity (Wildman–Crippen MR) is 79.1 cm³/mol. The lowest BCUT2D eigenvalue weighted by Crippen LogP contribution is -2.31. The molecule has 0 bridgehead atoms. The van der Waals surface area contributed by atoms with E-state index in [0.717, 1.165) is 25.0 Å². The molecule has 5 heteroatoms. The van der Waals surface area contributed by atoms with Crippen molar-refractivity contribution in [3.05, 3.63) is 53.9 Å². The molecule has 0 saturated carbocycles. The Morgan fingerprint density at radius 1 is 1.38 bits per heavy atom. The number of rotatable bonds is 5. The summed E-state index contributed by atoms with van der Waals surface area (Å²) >= 11 is 0. The van der Waals surface area contributed by atoms with Crippen molar-refractivity contribution in [2.75, 3.05) is 13.2 Å². The van der Waals surface area contributed by atoms with Crippen LogP contribution in [-0.2, 0) is 11.3 Å². The van der Waals surface area contributed by atoms with E-state index in [1.54, 1.807) is 17.1 Å². The zero-order valence-corrected chi connectivity index (χ0v) is 11.9. The SMILES string of the molecule is O=C(NC[C@H]1CCCO1)c1cnn(Cc2ccccc2)c1. The van der Waals surface area contributed by atoms with Crippen LogP contribution < -0.4 is 5.32 Å². The molecule has 1 N–H and O–H groups in total. The number of nitrogens with one attached hydrogen (secondary N) is 1.